The van der Waals surface area contributed by atoms with E-state index in [-0.39, 0.29) is 25.0 Å². The summed E-state index contributed by atoms with van der Waals surface area (Å²) in [5.74, 6) is -16.5. The van der Waals surface area contributed by atoms with Crippen LogP contribution in [-0.4, -0.2) is 104 Å². The smallest absolute Gasteiger partial charge is 2.00 e. The molecule has 0 aromatic heterocycles. The van der Waals surface area contributed by atoms with E-state index in [9.17, 15) is 79.0 Å². The first-order chi connectivity index (χ1) is 17.7. The average molecular weight is 766 g/mol. The molecule has 0 atom stereocenters. The molecule has 32 heteroatoms. The zero-order valence-corrected chi connectivity index (χ0v) is 22.0. The van der Waals surface area contributed by atoms with E-state index in [0.29, 0.717) is 0 Å². The minimum absolute atomic E-state index is 0. The van der Waals surface area contributed by atoms with E-state index >= 15 is 0 Å². The van der Waals surface area contributed by atoms with Crippen LogP contribution in [0.5, 0.6) is 0 Å². The Bertz CT molecular complexity index is 695. The van der Waals surface area contributed by atoms with E-state index in [0.717, 1.165) is 0 Å². The second-order valence-electron chi connectivity index (χ2n) is 4.82. The fraction of sp³-hybridized carbons (Fsp3) is 0.500. The third kappa shape index (κ3) is 50.9. The molecule has 0 aromatic rings. The zero-order chi connectivity index (χ0) is 36.5. The Morgan fingerprint density at radius 2 is 0.295 bits per heavy atom. The molecule has 0 unspecified atom stereocenters. The first-order valence-electron chi connectivity index (χ1n) is 7.47. The molecular formula is C12H6F18O13Zn. The SMILES string of the molecule is O=C(O)C(F)(F)F.O=C(O)C(F)(F)F.O=C(O)C(F)(F)F.O=C(O)C(F)(F)F.O=C(O)C(F)(F)F.O=C(O)C(F)(F)F.[O-2].[Zn+2]. The summed E-state index contributed by atoms with van der Waals surface area (Å²) in [4.78, 5) is 53.4. The Balaban J connectivity index is -0.0000000584. The van der Waals surface area contributed by atoms with Crippen molar-refractivity contribution in [3.63, 3.8) is 0 Å². The molecule has 0 fully saturated rings. The van der Waals surface area contributed by atoms with Gasteiger partial charge in [0.2, 0.25) is 0 Å². The topological polar surface area (TPSA) is 252 Å². The van der Waals surface area contributed by atoms with Crippen molar-refractivity contribution in [2.24, 2.45) is 0 Å². The third-order valence-corrected chi connectivity index (χ3v) is 1.46. The van der Waals surface area contributed by atoms with Gasteiger partial charge in [0, 0.05) is 0 Å². The summed E-state index contributed by atoms with van der Waals surface area (Å²) < 4.78 is 190. The summed E-state index contributed by atoms with van der Waals surface area (Å²) in [6.07, 6.45) is -30.5. The Labute approximate surface area is 237 Å². The number of halogens is 18. The number of hydrogen-bond acceptors (Lipinski definition) is 6. The van der Waals surface area contributed by atoms with Gasteiger partial charge in [0.25, 0.3) is 0 Å². The van der Waals surface area contributed by atoms with E-state index in [1.165, 1.54) is 0 Å². The molecule has 0 aromatic carbocycles. The zero-order valence-electron chi connectivity index (χ0n) is 19.1. The normalized spacial score (nSPS) is 10.8. The summed E-state index contributed by atoms with van der Waals surface area (Å²) in [7, 11) is 0. The number of carboxylic acids is 6. The van der Waals surface area contributed by atoms with Crippen molar-refractivity contribution in [2.75, 3.05) is 0 Å². The molecule has 0 bridgehead atoms. The van der Waals surface area contributed by atoms with Crippen LogP contribution in [0.4, 0.5) is 79.0 Å². The first-order valence-corrected chi connectivity index (χ1v) is 7.47. The quantitative estimate of drug-likeness (QED) is 0.153. The second-order valence-corrected chi connectivity index (χ2v) is 4.82. The van der Waals surface area contributed by atoms with Crippen molar-refractivity contribution in [3.8, 4) is 0 Å². The van der Waals surface area contributed by atoms with Gasteiger partial charge in [0.1, 0.15) is 0 Å². The summed E-state index contributed by atoms with van der Waals surface area (Å²) in [5.41, 5.74) is 0. The van der Waals surface area contributed by atoms with Gasteiger partial charge in [-0.2, -0.15) is 79.0 Å². The molecule has 0 aliphatic heterocycles. The summed E-state index contributed by atoms with van der Waals surface area (Å²) >= 11 is 0. The minimum Gasteiger partial charge on any atom is -2.00 e. The third-order valence-electron chi connectivity index (χ3n) is 1.46. The summed E-state index contributed by atoms with van der Waals surface area (Å²) in [6, 6.07) is 0. The molecule has 44 heavy (non-hydrogen) atoms. The maximum absolute atomic E-state index is 10.6. The molecule has 0 amide bonds. The van der Waals surface area contributed by atoms with Gasteiger partial charge in [0.05, 0.1) is 0 Å². The molecule has 0 saturated carbocycles. The van der Waals surface area contributed by atoms with Crippen LogP contribution >= 0.6 is 0 Å². The Hall–Kier alpha value is -3.86. The van der Waals surface area contributed by atoms with E-state index < -0.39 is 72.9 Å². The predicted octanol–water partition coefficient (Wildman–Crippen LogP) is 3.68. The van der Waals surface area contributed by atoms with Crippen molar-refractivity contribution < 1.29 is 163 Å². The Morgan fingerprint density at radius 3 is 0.295 bits per heavy atom. The van der Waals surface area contributed by atoms with Crippen LogP contribution in [0, 0.1) is 0 Å². The van der Waals surface area contributed by atoms with Crippen molar-refractivity contribution >= 4 is 35.8 Å². The number of carboxylic acid groups (broad SMARTS) is 6. The van der Waals surface area contributed by atoms with Gasteiger partial charge in [-0.15, -0.1) is 0 Å². The van der Waals surface area contributed by atoms with Crippen LogP contribution in [0.1, 0.15) is 0 Å². The molecule has 260 valence electrons. The van der Waals surface area contributed by atoms with Gasteiger partial charge in [-0.1, -0.05) is 0 Å². The van der Waals surface area contributed by atoms with Crippen LogP contribution in [0.3, 0.4) is 0 Å². The standard InChI is InChI=1S/6C2HF3O2.O.Zn/c6*3-2(4,5)1(6)7;;/h6*(H,6,7);;/q;;;;;;-2;+2. The number of hydrogen-bond donors (Lipinski definition) is 6. The number of alkyl halides is 18. The molecule has 0 saturated heterocycles. The molecule has 0 spiro atoms. The van der Waals surface area contributed by atoms with Crippen LogP contribution in [0.2, 0.25) is 0 Å². The van der Waals surface area contributed by atoms with Crippen LogP contribution in [0.15, 0.2) is 0 Å². The summed E-state index contributed by atoms with van der Waals surface area (Å²) in [6.45, 7) is 0. The Kier molecular flexibility index (Phi) is 30.6. The molecule has 0 aliphatic carbocycles. The monoisotopic (exact) mass is 764 g/mol. The maximum Gasteiger partial charge on any atom is 2.00 e. The van der Waals surface area contributed by atoms with Crippen LogP contribution < -0.4 is 0 Å². The first kappa shape index (κ1) is 59.5. The molecular weight excluding hydrogens is 759 g/mol. The molecule has 6 N–H and O–H groups in total. The largest absolute Gasteiger partial charge is 2.00 e. The molecule has 0 rings (SSSR count). The molecule has 0 aliphatic rings. The summed E-state index contributed by atoms with van der Waals surface area (Å²) in [5, 5.41) is 42.8. The molecule has 0 heterocycles. The fourth-order valence-corrected chi connectivity index (χ4v) is 0. The number of carbonyl (C=O) groups is 6. The van der Waals surface area contributed by atoms with Gasteiger partial charge >= 0.3 is 92.4 Å². The average Bonchev–Trinajstić information content (AvgIpc) is 2.65. The van der Waals surface area contributed by atoms with Gasteiger partial charge in [-0.25, -0.2) is 28.8 Å². The fourth-order valence-electron chi connectivity index (χ4n) is 0. The van der Waals surface area contributed by atoms with Gasteiger partial charge in [-0.3, -0.25) is 0 Å². The van der Waals surface area contributed by atoms with Crippen LogP contribution in [-0.2, 0) is 53.7 Å². The molecule has 0 radical (unpaired) electrons. The Morgan fingerprint density at radius 1 is 0.273 bits per heavy atom. The van der Waals surface area contributed by atoms with E-state index in [4.69, 9.17) is 59.4 Å². The second kappa shape index (κ2) is 22.7. The van der Waals surface area contributed by atoms with Gasteiger partial charge in [-0.05, 0) is 0 Å². The van der Waals surface area contributed by atoms with Crippen LogP contribution in [0.25, 0.3) is 0 Å². The predicted molar refractivity (Wildman–Crippen MR) is 82.8 cm³/mol. The van der Waals surface area contributed by atoms with Gasteiger partial charge in [0.15, 0.2) is 0 Å². The number of aliphatic carboxylic acids is 6. The van der Waals surface area contributed by atoms with Crippen molar-refractivity contribution in [3.05, 3.63) is 0 Å². The van der Waals surface area contributed by atoms with Crippen molar-refractivity contribution in [1.82, 2.24) is 0 Å². The van der Waals surface area contributed by atoms with Crippen molar-refractivity contribution in [1.29, 1.82) is 0 Å². The minimum atomic E-state index is -5.08. The van der Waals surface area contributed by atoms with E-state index in [1.54, 1.807) is 0 Å². The number of rotatable bonds is 0. The van der Waals surface area contributed by atoms with E-state index in [2.05, 4.69) is 0 Å². The van der Waals surface area contributed by atoms with Gasteiger partial charge < -0.3 is 36.1 Å². The maximum atomic E-state index is 10.6. The molecule has 13 nitrogen and oxygen atoms in total. The van der Waals surface area contributed by atoms with E-state index in [1.807, 2.05) is 0 Å². The van der Waals surface area contributed by atoms with Crippen molar-refractivity contribution in [2.45, 2.75) is 37.1 Å².